The van der Waals surface area contributed by atoms with Gasteiger partial charge in [-0.1, -0.05) is 72.0 Å². The molecule has 1 aliphatic rings. The van der Waals surface area contributed by atoms with E-state index in [1.54, 1.807) is 63.2 Å². The van der Waals surface area contributed by atoms with E-state index in [2.05, 4.69) is 4.98 Å². The van der Waals surface area contributed by atoms with Crippen LogP contribution in [0.1, 0.15) is 50.6 Å². The topological polar surface area (TPSA) is 115 Å². The average molecular weight is 661 g/mol. The molecule has 10 heteroatoms. The average Bonchev–Trinajstić information content (AvgIpc) is 3.60. The molecule has 0 aliphatic carbocycles. The highest BCUT2D eigenvalue weighted by Gasteiger charge is 2.48. The maximum absolute atomic E-state index is 13.8. The van der Waals surface area contributed by atoms with Crippen LogP contribution in [0.2, 0.25) is 0 Å². The molecule has 242 valence electrons. The van der Waals surface area contributed by atoms with Gasteiger partial charge in [-0.3, -0.25) is 14.5 Å². The number of thiazole rings is 1. The molecule has 4 aromatic carbocycles. The third-order valence-corrected chi connectivity index (χ3v) is 8.89. The van der Waals surface area contributed by atoms with E-state index in [-0.39, 0.29) is 27.9 Å². The van der Waals surface area contributed by atoms with Gasteiger partial charge < -0.3 is 19.3 Å². The highest BCUT2D eigenvalue weighted by atomic mass is 32.1. The SMILES string of the molecule is CCOC(=O)c1sc(N2C(=O)C(=O)/C(=C(\O)c3ccc(OCc4ccccc4)cc3C)C2c2cccc(Oc3ccccc3)c2)nc1C. The molecule has 48 heavy (non-hydrogen) atoms. The van der Waals surface area contributed by atoms with E-state index < -0.39 is 23.7 Å². The third kappa shape index (κ3) is 6.56. The second kappa shape index (κ2) is 13.9. The highest BCUT2D eigenvalue weighted by molar-refractivity contribution is 7.17. The quantitative estimate of drug-likeness (QED) is 0.0695. The zero-order valence-corrected chi connectivity index (χ0v) is 27.3. The number of rotatable bonds is 10. The maximum Gasteiger partial charge on any atom is 0.350 e. The van der Waals surface area contributed by atoms with Gasteiger partial charge in [-0.2, -0.15) is 0 Å². The Morgan fingerprint density at radius 2 is 1.58 bits per heavy atom. The fraction of sp³-hybridized carbons (Fsp3) is 0.158. The predicted molar refractivity (Wildman–Crippen MR) is 183 cm³/mol. The number of aromatic nitrogens is 1. The Balaban J connectivity index is 1.43. The van der Waals surface area contributed by atoms with Gasteiger partial charge in [0.1, 0.15) is 34.5 Å². The van der Waals surface area contributed by atoms with E-state index in [0.717, 1.165) is 16.9 Å². The Bertz CT molecular complexity index is 2020. The van der Waals surface area contributed by atoms with Crippen molar-refractivity contribution in [3.63, 3.8) is 0 Å². The lowest BCUT2D eigenvalue weighted by atomic mass is 9.94. The number of aliphatic hydroxyl groups excluding tert-OH is 1. The minimum Gasteiger partial charge on any atom is -0.507 e. The first-order valence-corrected chi connectivity index (χ1v) is 16.1. The number of aryl methyl sites for hydroxylation is 2. The summed E-state index contributed by atoms with van der Waals surface area (Å²) in [5.74, 6) is -1.05. The van der Waals surface area contributed by atoms with Crippen molar-refractivity contribution in [3.05, 3.63) is 142 Å². The van der Waals surface area contributed by atoms with Crippen LogP contribution in [0.3, 0.4) is 0 Å². The van der Waals surface area contributed by atoms with Crippen LogP contribution in [-0.2, 0) is 20.9 Å². The van der Waals surface area contributed by atoms with Gasteiger partial charge in [-0.25, -0.2) is 9.78 Å². The standard InChI is InChI=1S/C38H32N2O7S/c1-4-45-37(44)35-24(3)39-38(48-35)40-32(26-14-11-17-29(21-26)47-27-15-9-6-10-16-27)31(34(42)36(40)43)33(41)30-19-18-28(20-23(30)2)46-22-25-12-7-5-8-13-25/h5-21,32,41H,4,22H2,1-3H3/b33-31-. The molecule has 0 radical (unpaired) electrons. The number of aliphatic hydroxyl groups is 1. The molecule has 0 bridgehead atoms. The Morgan fingerprint density at radius 3 is 2.29 bits per heavy atom. The molecule has 2 heterocycles. The second-order valence-electron chi connectivity index (χ2n) is 11.0. The predicted octanol–water partition coefficient (Wildman–Crippen LogP) is 7.93. The number of nitrogens with zero attached hydrogens (tertiary/aromatic N) is 2. The van der Waals surface area contributed by atoms with Crippen molar-refractivity contribution in [2.24, 2.45) is 0 Å². The summed E-state index contributed by atoms with van der Waals surface area (Å²) >= 11 is 0.949. The number of hydrogen-bond acceptors (Lipinski definition) is 9. The summed E-state index contributed by atoms with van der Waals surface area (Å²) in [6, 6.07) is 29.9. The van der Waals surface area contributed by atoms with Crippen molar-refractivity contribution < 1.29 is 33.7 Å². The minimum absolute atomic E-state index is 0.122. The molecule has 6 rings (SSSR count). The Kier molecular flexibility index (Phi) is 9.36. The summed E-state index contributed by atoms with van der Waals surface area (Å²) in [6.07, 6.45) is 0. The first-order valence-electron chi connectivity index (χ1n) is 15.3. The van der Waals surface area contributed by atoms with E-state index in [0.29, 0.717) is 46.2 Å². The summed E-state index contributed by atoms with van der Waals surface area (Å²) in [4.78, 5) is 46.3. The summed E-state index contributed by atoms with van der Waals surface area (Å²) in [5.41, 5.74) is 2.74. The number of anilines is 1. The number of carbonyl (C=O) groups is 3. The summed E-state index contributed by atoms with van der Waals surface area (Å²) < 4.78 is 17.2. The lowest BCUT2D eigenvalue weighted by molar-refractivity contribution is -0.132. The van der Waals surface area contributed by atoms with Gasteiger partial charge in [0, 0.05) is 5.56 Å². The van der Waals surface area contributed by atoms with Crippen molar-refractivity contribution in [1.29, 1.82) is 0 Å². The first kappa shape index (κ1) is 32.2. The third-order valence-electron chi connectivity index (χ3n) is 7.75. The molecule has 0 saturated carbocycles. The van der Waals surface area contributed by atoms with Gasteiger partial charge >= 0.3 is 11.9 Å². The van der Waals surface area contributed by atoms with Gasteiger partial charge in [0.15, 0.2) is 5.13 Å². The van der Waals surface area contributed by atoms with E-state index >= 15 is 0 Å². The van der Waals surface area contributed by atoms with Gasteiger partial charge in [-0.05, 0) is 79.9 Å². The normalized spacial score (nSPS) is 15.4. The van der Waals surface area contributed by atoms with Crippen LogP contribution in [0, 0.1) is 13.8 Å². The zero-order chi connectivity index (χ0) is 33.8. The molecule has 5 aromatic rings. The van der Waals surface area contributed by atoms with Crippen molar-refractivity contribution >= 4 is 39.9 Å². The number of ether oxygens (including phenoxy) is 3. The van der Waals surface area contributed by atoms with E-state index in [1.807, 2.05) is 60.7 Å². The number of carbonyl (C=O) groups excluding carboxylic acids is 3. The minimum atomic E-state index is -1.08. The van der Waals surface area contributed by atoms with Crippen LogP contribution in [0.25, 0.3) is 5.76 Å². The molecule has 1 aliphatic heterocycles. The summed E-state index contributed by atoms with van der Waals surface area (Å²) in [6.45, 7) is 5.65. The van der Waals surface area contributed by atoms with Crippen molar-refractivity contribution in [1.82, 2.24) is 4.98 Å². The Morgan fingerprint density at radius 1 is 0.875 bits per heavy atom. The van der Waals surface area contributed by atoms with Crippen molar-refractivity contribution in [3.8, 4) is 17.2 Å². The molecule has 9 nitrogen and oxygen atoms in total. The van der Waals surface area contributed by atoms with Gasteiger partial charge in [0.2, 0.25) is 0 Å². The fourth-order valence-electron chi connectivity index (χ4n) is 5.47. The molecule has 1 N–H and O–H groups in total. The zero-order valence-electron chi connectivity index (χ0n) is 26.5. The fourth-order valence-corrected chi connectivity index (χ4v) is 6.45. The molecule has 1 atom stereocenters. The van der Waals surface area contributed by atoms with E-state index in [9.17, 15) is 19.5 Å². The van der Waals surface area contributed by atoms with Crippen LogP contribution in [0.4, 0.5) is 5.13 Å². The number of benzene rings is 4. The first-order chi connectivity index (χ1) is 23.2. The lowest BCUT2D eigenvalue weighted by Crippen LogP contribution is -2.29. The van der Waals surface area contributed by atoms with Crippen molar-refractivity contribution in [2.75, 3.05) is 11.5 Å². The largest absolute Gasteiger partial charge is 0.507 e. The van der Waals surface area contributed by atoms with Crippen LogP contribution in [-0.4, -0.2) is 34.4 Å². The number of ketones is 1. The monoisotopic (exact) mass is 660 g/mol. The molecular formula is C38H32N2O7S. The summed E-state index contributed by atoms with van der Waals surface area (Å²) in [5, 5.41) is 11.9. The maximum atomic E-state index is 13.8. The van der Waals surface area contributed by atoms with Gasteiger partial charge in [0.25, 0.3) is 5.78 Å². The van der Waals surface area contributed by atoms with Crippen LogP contribution >= 0.6 is 11.3 Å². The number of Topliss-reactive ketones (excluding diaryl/α,β-unsaturated/α-hetero) is 1. The van der Waals surface area contributed by atoms with Gasteiger partial charge in [-0.15, -0.1) is 0 Å². The number of para-hydroxylation sites is 1. The van der Waals surface area contributed by atoms with E-state index in [4.69, 9.17) is 14.2 Å². The molecule has 0 spiro atoms. The van der Waals surface area contributed by atoms with E-state index in [1.165, 1.54) is 4.90 Å². The molecule has 1 unspecified atom stereocenters. The van der Waals surface area contributed by atoms with Crippen LogP contribution < -0.4 is 14.4 Å². The molecule has 1 amide bonds. The Labute approximate surface area is 281 Å². The van der Waals surface area contributed by atoms with Gasteiger partial charge in [0.05, 0.1) is 23.9 Å². The smallest absolute Gasteiger partial charge is 0.350 e. The highest BCUT2D eigenvalue weighted by Crippen LogP contribution is 2.45. The van der Waals surface area contributed by atoms with Crippen LogP contribution in [0.15, 0.2) is 109 Å². The summed E-state index contributed by atoms with van der Waals surface area (Å²) in [7, 11) is 0. The number of amides is 1. The van der Waals surface area contributed by atoms with Crippen LogP contribution in [0.5, 0.6) is 17.2 Å². The van der Waals surface area contributed by atoms with Crippen molar-refractivity contribution in [2.45, 2.75) is 33.4 Å². The number of esters is 1. The molecular weight excluding hydrogens is 628 g/mol. The molecule has 1 aromatic heterocycles. The molecule has 1 fully saturated rings. The Hall–Kier alpha value is -5.74. The second-order valence-corrected chi connectivity index (χ2v) is 12.0. The lowest BCUT2D eigenvalue weighted by Gasteiger charge is -2.23. The molecule has 1 saturated heterocycles. The number of hydrogen-bond donors (Lipinski definition) is 1.